The van der Waals surface area contributed by atoms with Gasteiger partial charge in [-0.25, -0.2) is 9.47 Å². The van der Waals surface area contributed by atoms with Crippen LogP contribution in [-0.4, -0.2) is 42.9 Å². The van der Waals surface area contributed by atoms with Crippen molar-refractivity contribution in [2.45, 2.75) is 44.4 Å². The molecule has 6 nitrogen and oxygen atoms in total. The van der Waals surface area contributed by atoms with Crippen molar-refractivity contribution < 1.29 is 14.3 Å². The Morgan fingerprint density at radius 2 is 2.00 bits per heavy atom. The van der Waals surface area contributed by atoms with E-state index in [0.717, 1.165) is 50.6 Å². The Hall–Kier alpha value is -2.41. The van der Waals surface area contributed by atoms with E-state index in [1.165, 1.54) is 4.68 Å². The molecule has 0 aliphatic heterocycles. The van der Waals surface area contributed by atoms with Gasteiger partial charge in [0.05, 0.1) is 10.9 Å². The third-order valence-electron chi connectivity index (χ3n) is 5.38. The van der Waals surface area contributed by atoms with Crippen molar-refractivity contribution in [3.8, 4) is 0 Å². The molecule has 1 aliphatic carbocycles. The fourth-order valence-electron chi connectivity index (χ4n) is 3.76. The predicted molar refractivity (Wildman–Crippen MR) is 109 cm³/mol. The molecule has 0 unspecified atom stereocenters. The maximum Gasteiger partial charge on any atom is 0.344 e. The molecule has 0 amide bonds. The fourth-order valence-corrected chi connectivity index (χ4v) is 3.76. The van der Waals surface area contributed by atoms with Gasteiger partial charge in [-0.3, -0.25) is 4.79 Å². The molecule has 1 aromatic heterocycles. The minimum absolute atomic E-state index is 0.259. The van der Waals surface area contributed by atoms with Gasteiger partial charge < -0.3 is 15.4 Å². The molecular weight excluding hydrogens is 361 g/mol. The molecule has 1 fully saturated rings. The predicted octanol–water partition coefficient (Wildman–Crippen LogP) is 3.06. The highest BCUT2D eigenvalue weighted by atomic mass is 19.1. The van der Waals surface area contributed by atoms with Crippen LogP contribution < -0.4 is 15.8 Å². The summed E-state index contributed by atoms with van der Waals surface area (Å²) >= 11 is 0. The van der Waals surface area contributed by atoms with Gasteiger partial charge in [-0.15, -0.1) is 0 Å². The van der Waals surface area contributed by atoms with Crippen molar-refractivity contribution >= 4 is 16.9 Å². The van der Waals surface area contributed by atoms with Gasteiger partial charge >= 0.3 is 5.97 Å². The van der Waals surface area contributed by atoms with E-state index >= 15 is 4.39 Å². The number of aromatic carboxylic acids is 1. The fraction of sp³-hybridized carbons (Fsp3) is 0.524. The van der Waals surface area contributed by atoms with Crippen LogP contribution in [-0.2, 0) is 0 Å². The number of hydrogen-bond donors (Lipinski definition) is 2. The van der Waals surface area contributed by atoms with Gasteiger partial charge in [0.15, 0.2) is 5.56 Å². The smallest absolute Gasteiger partial charge is 0.344 e. The number of nitrogens with one attached hydrogen (secondary N) is 1. The van der Waals surface area contributed by atoms with E-state index in [0.29, 0.717) is 17.4 Å². The number of halogens is 1. The maximum absolute atomic E-state index is 15.1. The Morgan fingerprint density at radius 1 is 1.29 bits per heavy atom. The van der Waals surface area contributed by atoms with E-state index in [1.54, 1.807) is 18.1 Å². The molecule has 2 aromatic rings. The van der Waals surface area contributed by atoms with Crippen molar-refractivity contribution in [3.05, 3.63) is 45.5 Å². The van der Waals surface area contributed by atoms with Gasteiger partial charge in [0.1, 0.15) is 0 Å². The van der Waals surface area contributed by atoms with E-state index in [4.69, 9.17) is 0 Å². The Labute approximate surface area is 163 Å². The third kappa shape index (κ3) is 4.04. The first-order valence-electron chi connectivity index (χ1n) is 9.93. The quantitative estimate of drug-likeness (QED) is 0.483. The summed E-state index contributed by atoms with van der Waals surface area (Å²) in [6.07, 6.45) is 5.97. The van der Waals surface area contributed by atoms with Crippen molar-refractivity contribution in [3.63, 3.8) is 0 Å². The summed E-state index contributed by atoms with van der Waals surface area (Å²) < 4.78 is 16.4. The average molecular weight is 389 g/mol. The summed E-state index contributed by atoms with van der Waals surface area (Å²) in [5, 5.41) is 14.6. The number of pyridine rings is 1. The van der Waals surface area contributed by atoms with Crippen molar-refractivity contribution in [1.29, 1.82) is 0 Å². The van der Waals surface area contributed by atoms with Crippen LogP contribution in [0.2, 0.25) is 0 Å². The van der Waals surface area contributed by atoms with Crippen LogP contribution >= 0.6 is 0 Å². The lowest BCUT2D eigenvalue weighted by Gasteiger charge is -2.26. The van der Waals surface area contributed by atoms with Crippen LogP contribution in [0.4, 0.5) is 4.39 Å². The molecule has 0 bridgehead atoms. The minimum atomic E-state index is -1.52. The molecule has 152 valence electrons. The van der Waals surface area contributed by atoms with E-state index < -0.39 is 22.9 Å². The molecule has 1 heterocycles. The molecule has 0 atom stereocenters. The number of unbranched alkanes of at least 4 members (excludes halogenated alkanes) is 3. The third-order valence-corrected chi connectivity index (χ3v) is 5.38. The number of hydrogen-bond acceptors (Lipinski definition) is 4. The number of rotatable bonds is 10. The Bertz CT molecular complexity index is 921. The highest BCUT2D eigenvalue weighted by Crippen LogP contribution is 2.42. The lowest BCUT2D eigenvalue weighted by atomic mass is 10.0. The summed E-state index contributed by atoms with van der Waals surface area (Å²) in [5.41, 5.74) is -0.227. The lowest BCUT2D eigenvalue weighted by molar-refractivity contribution is 0.0688. The first kappa shape index (κ1) is 20.3. The largest absolute Gasteiger partial charge is 0.477 e. The van der Waals surface area contributed by atoms with Gasteiger partial charge in [0.25, 0.3) is 0 Å². The monoisotopic (exact) mass is 389 g/mol. The highest BCUT2D eigenvalue weighted by Gasteiger charge is 2.30. The first-order chi connectivity index (χ1) is 13.5. The highest BCUT2D eigenvalue weighted by molar-refractivity contribution is 5.94. The van der Waals surface area contributed by atoms with E-state index in [9.17, 15) is 14.7 Å². The molecular formula is C21H28FN3O3. The van der Waals surface area contributed by atoms with Gasteiger partial charge in [-0.05, 0) is 56.8 Å². The Balaban J connectivity index is 1.98. The van der Waals surface area contributed by atoms with Crippen molar-refractivity contribution in [2.24, 2.45) is 0 Å². The summed E-state index contributed by atoms with van der Waals surface area (Å²) in [5.74, 6) is -2.27. The summed E-state index contributed by atoms with van der Waals surface area (Å²) in [6, 6.07) is 5.37. The van der Waals surface area contributed by atoms with Gasteiger partial charge in [-0.2, -0.15) is 4.39 Å². The summed E-state index contributed by atoms with van der Waals surface area (Å²) in [7, 11) is 3.66. The normalized spacial score (nSPS) is 13.8. The standard InChI is InChI=1S/C21H28FN3O3/c1-23-12-5-3-4-6-13-24(2)25-16-9-7-8-15(14-10-11-14)17(16)19(26)18(20(25)22)21(27)28/h7-9,14,23H,3-6,10-13H2,1-2H3,(H,27,28). The zero-order chi connectivity index (χ0) is 20.3. The topological polar surface area (TPSA) is 74.6 Å². The Morgan fingerprint density at radius 3 is 2.64 bits per heavy atom. The number of carboxylic acid groups (broad SMARTS) is 1. The number of benzene rings is 1. The first-order valence-corrected chi connectivity index (χ1v) is 9.93. The summed E-state index contributed by atoms with van der Waals surface area (Å²) in [4.78, 5) is 24.5. The van der Waals surface area contributed by atoms with Crippen LogP contribution in [0.25, 0.3) is 10.9 Å². The second kappa shape index (κ2) is 8.73. The van der Waals surface area contributed by atoms with Crippen LogP contribution in [0.1, 0.15) is 60.4 Å². The molecule has 3 rings (SSSR count). The van der Waals surface area contributed by atoms with Gasteiger partial charge in [-0.1, -0.05) is 25.0 Å². The Kier molecular flexibility index (Phi) is 6.34. The second-order valence-corrected chi connectivity index (χ2v) is 7.53. The zero-order valence-electron chi connectivity index (χ0n) is 16.5. The van der Waals surface area contributed by atoms with Crippen LogP contribution in [0.15, 0.2) is 23.0 Å². The molecule has 28 heavy (non-hydrogen) atoms. The number of carbonyl (C=O) groups is 1. The number of nitrogens with zero attached hydrogens (tertiary/aromatic N) is 2. The molecule has 1 aromatic carbocycles. The SMILES string of the molecule is CNCCCCCCN(C)n1c(F)c(C(=O)O)c(=O)c2c(C3CC3)cccc21. The molecule has 7 heteroatoms. The van der Waals surface area contributed by atoms with E-state index in [1.807, 2.05) is 19.2 Å². The minimum Gasteiger partial charge on any atom is -0.477 e. The zero-order valence-corrected chi connectivity index (χ0v) is 16.5. The molecule has 1 saturated carbocycles. The summed E-state index contributed by atoms with van der Waals surface area (Å²) in [6.45, 7) is 1.54. The second-order valence-electron chi connectivity index (χ2n) is 7.53. The van der Waals surface area contributed by atoms with Crippen LogP contribution in [0.3, 0.4) is 0 Å². The molecule has 2 N–H and O–H groups in total. The van der Waals surface area contributed by atoms with Gasteiger partial charge in [0, 0.05) is 13.6 Å². The van der Waals surface area contributed by atoms with E-state index in [-0.39, 0.29) is 5.92 Å². The van der Waals surface area contributed by atoms with Crippen LogP contribution in [0.5, 0.6) is 0 Å². The number of carboxylic acids is 1. The number of aromatic nitrogens is 1. The average Bonchev–Trinajstić information content (AvgIpc) is 3.49. The van der Waals surface area contributed by atoms with Crippen LogP contribution in [0, 0.1) is 5.95 Å². The van der Waals surface area contributed by atoms with Crippen molar-refractivity contribution in [2.75, 3.05) is 32.2 Å². The van der Waals surface area contributed by atoms with E-state index in [2.05, 4.69) is 5.32 Å². The maximum atomic E-state index is 15.1. The van der Waals surface area contributed by atoms with Crippen molar-refractivity contribution in [1.82, 2.24) is 9.99 Å². The molecule has 0 spiro atoms. The number of fused-ring (bicyclic) bond motifs is 1. The molecule has 1 aliphatic rings. The lowest BCUT2D eigenvalue weighted by Crippen LogP contribution is -2.37. The van der Waals surface area contributed by atoms with Gasteiger partial charge in [0.2, 0.25) is 11.4 Å². The molecule has 0 saturated heterocycles. The molecule has 0 radical (unpaired) electrons.